The summed E-state index contributed by atoms with van der Waals surface area (Å²) in [5.41, 5.74) is -1.05. The van der Waals surface area contributed by atoms with Crippen LogP contribution < -0.4 is 0 Å². The first kappa shape index (κ1) is 11.2. The average Bonchev–Trinajstić information content (AvgIpc) is 2.16. The minimum Gasteiger partial charge on any atom is -0.297 e. The summed E-state index contributed by atoms with van der Waals surface area (Å²) < 4.78 is 0. The van der Waals surface area contributed by atoms with Crippen LogP contribution in [0.5, 0.6) is 0 Å². The smallest absolute Gasteiger partial charge is 0.158 e. The number of carbonyl (C=O) groups is 1. The number of ketones is 1. The van der Waals surface area contributed by atoms with Crippen LogP contribution in [-0.2, 0) is 4.79 Å². The Morgan fingerprint density at radius 2 is 1.71 bits per heavy atom. The van der Waals surface area contributed by atoms with Gasteiger partial charge < -0.3 is 0 Å². The van der Waals surface area contributed by atoms with Crippen LogP contribution in [0, 0.1) is 22.2 Å². The van der Waals surface area contributed by atoms with Crippen LogP contribution >= 0.6 is 0 Å². The summed E-state index contributed by atoms with van der Waals surface area (Å²) >= 11 is 0. The Bertz CT molecular complexity index is 261. The number of nitrogens with zero attached hydrogens (tertiary/aromatic N) is 1. The highest BCUT2D eigenvalue weighted by atomic mass is 16.1. The molecule has 78 valence electrons. The van der Waals surface area contributed by atoms with E-state index in [1.807, 2.05) is 20.8 Å². The van der Waals surface area contributed by atoms with Crippen LogP contribution in [-0.4, -0.2) is 5.78 Å². The largest absolute Gasteiger partial charge is 0.297 e. The van der Waals surface area contributed by atoms with Crippen LogP contribution in [0.1, 0.15) is 52.9 Å². The average molecular weight is 193 g/mol. The Labute approximate surface area is 86.3 Å². The fourth-order valence-electron chi connectivity index (χ4n) is 2.26. The summed E-state index contributed by atoms with van der Waals surface area (Å²) in [6.07, 6.45) is 4.74. The van der Waals surface area contributed by atoms with Gasteiger partial charge in [-0.05, 0) is 12.8 Å². The van der Waals surface area contributed by atoms with Crippen molar-refractivity contribution in [2.45, 2.75) is 52.9 Å². The van der Waals surface area contributed by atoms with Gasteiger partial charge in [-0.3, -0.25) is 4.79 Å². The molecule has 0 radical (unpaired) electrons. The van der Waals surface area contributed by atoms with Crippen LogP contribution in [0.3, 0.4) is 0 Å². The first-order valence-corrected chi connectivity index (χ1v) is 5.38. The molecule has 0 aromatic carbocycles. The fourth-order valence-corrected chi connectivity index (χ4v) is 2.26. The summed E-state index contributed by atoms with van der Waals surface area (Å²) in [5.74, 6) is 0.132. The van der Waals surface area contributed by atoms with Crippen molar-refractivity contribution in [1.29, 1.82) is 5.26 Å². The predicted octanol–water partition coefficient (Wildman–Crippen LogP) is 3.08. The van der Waals surface area contributed by atoms with Gasteiger partial charge in [0, 0.05) is 5.41 Å². The van der Waals surface area contributed by atoms with Crippen molar-refractivity contribution in [2.24, 2.45) is 10.8 Å². The maximum absolute atomic E-state index is 12.2. The highest BCUT2D eigenvalue weighted by Crippen LogP contribution is 2.41. The molecule has 0 unspecified atom stereocenters. The molecule has 0 aromatic rings. The van der Waals surface area contributed by atoms with Crippen molar-refractivity contribution in [2.75, 3.05) is 0 Å². The number of nitriles is 1. The number of hydrogen-bond donors (Lipinski definition) is 0. The summed E-state index contributed by atoms with van der Waals surface area (Å²) in [6, 6.07) is 2.27. The van der Waals surface area contributed by atoms with Crippen LogP contribution in [0.4, 0.5) is 0 Å². The topological polar surface area (TPSA) is 40.9 Å². The SMILES string of the molecule is CC(C)(C)C(=O)C1(C#N)CCCCC1. The van der Waals surface area contributed by atoms with Gasteiger partial charge >= 0.3 is 0 Å². The summed E-state index contributed by atoms with van der Waals surface area (Å²) in [6.45, 7) is 5.72. The highest BCUT2D eigenvalue weighted by molar-refractivity contribution is 5.91. The third-order valence-electron chi connectivity index (χ3n) is 3.04. The molecule has 0 aliphatic heterocycles. The number of carbonyl (C=O) groups excluding carboxylic acids is 1. The molecule has 0 heterocycles. The molecule has 0 bridgehead atoms. The maximum atomic E-state index is 12.2. The normalized spacial score (nSPS) is 21.3. The molecule has 0 atom stereocenters. The molecule has 0 amide bonds. The van der Waals surface area contributed by atoms with E-state index in [1.165, 1.54) is 6.42 Å². The highest BCUT2D eigenvalue weighted by Gasteiger charge is 2.44. The number of rotatable bonds is 1. The first-order chi connectivity index (χ1) is 6.42. The van der Waals surface area contributed by atoms with E-state index >= 15 is 0 Å². The molecule has 1 aliphatic rings. The molecule has 1 rings (SSSR count). The Morgan fingerprint density at radius 1 is 1.21 bits per heavy atom. The van der Waals surface area contributed by atoms with Crippen LogP contribution in [0.2, 0.25) is 0 Å². The third kappa shape index (κ3) is 1.97. The van der Waals surface area contributed by atoms with E-state index in [0.717, 1.165) is 25.7 Å². The fraction of sp³-hybridized carbons (Fsp3) is 0.833. The van der Waals surface area contributed by atoms with Crippen molar-refractivity contribution >= 4 is 5.78 Å². The van der Waals surface area contributed by atoms with E-state index in [0.29, 0.717) is 0 Å². The van der Waals surface area contributed by atoms with Gasteiger partial charge in [0.15, 0.2) is 5.78 Å². The monoisotopic (exact) mass is 193 g/mol. The number of hydrogen-bond acceptors (Lipinski definition) is 2. The Balaban J connectivity index is 2.90. The molecule has 2 nitrogen and oxygen atoms in total. The van der Waals surface area contributed by atoms with Crippen molar-refractivity contribution in [3.05, 3.63) is 0 Å². The lowest BCUT2D eigenvalue weighted by Crippen LogP contribution is -2.39. The van der Waals surface area contributed by atoms with Gasteiger partial charge in [0.05, 0.1) is 6.07 Å². The minimum atomic E-state index is -0.670. The van der Waals surface area contributed by atoms with E-state index in [4.69, 9.17) is 0 Å². The summed E-state index contributed by atoms with van der Waals surface area (Å²) in [4.78, 5) is 12.2. The van der Waals surface area contributed by atoms with E-state index < -0.39 is 5.41 Å². The number of Topliss-reactive ketones (excluding diaryl/α,β-unsaturated/α-hetero) is 1. The first-order valence-electron chi connectivity index (χ1n) is 5.38. The zero-order valence-electron chi connectivity index (χ0n) is 9.39. The molecule has 1 fully saturated rings. The third-order valence-corrected chi connectivity index (χ3v) is 3.04. The zero-order valence-corrected chi connectivity index (χ0v) is 9.39. The Kier molecular flexibility index (Phi) is 2.99. The lowest BCUT2D eigenvalue weighted by molar-refractivity contribution is -0.135. The molecule has 2 heteroatoms. The molecule has 1 aliphatic carbocycles. The molecular weight excluding hydrogens is 174 g/mol. The van der Waals surface area contributed by atoms with Gasteiger partial charge in [0.1, 0.15) is 5.41 Å². The second kappa shape index (κ2) is 3.73. The molecule has 0 aromatic heterocycles. The molecule has 14 heavy (non-hydrogen) atoms. The quantitative estimate of drug-likeness (QED) is 0.642. The molecule has 1 saturated carbocycles. The van der Waals surface area contributed by atoms with Crippen molar-refractivity contribution in [3.63, 3.8) is 0 Å². The molecular formula is C12H19NO. The Morgan fingerprint density at radius 3 is 2.07 bits per heavy atom. The second-order valence-corrected chi connectivity index (χ2v) is 5.33. The van der Waals surface area contributed by atoms with Gasteiger partial charge in [0.25, 0.3) is 0 Å². The summed E-state index contributed by atoms with van der Waals surface area (Å²) in [5, 5.41) is 9.20. The Hall–Kier alpha value is -0.840. The van der Waals surface area contributed by atoms with Crippen molar-refractivity contribution in [1.82, 2.24) is 0 Å². The lowest BCUT2D eigenvalue weighted by atomic mass is 9.66. The second-order valence-electron chi connectivity index (χ2n) is 5.33. The molecule has 0 saturated heterocycles. The van der Waals surface area contributed by atoms with Crippen molar-refractivity contribution in [3.8, 4) is 6.07 Å². The van der Waals surface area contributed by atoms with Gasteiger partial charge in [-0.2, -0.15) is 5.26 Å². The lowest BCUT2D eigenvalue weighted by Gasteiger charge is -2.34. The standard InChI is InChI=1S/C12H19NO/c1-11(2,3)10(14)12(9-13)7-5-4-6-8-12/h4-8H2,1-3H3. The summed E-state index contributed by atoms with van der Waals surface area (Å²) in [7, 11) is 0. The molecule has 0 N–H and O–H groups in total. The van der Waals surface area contributed by atoms with E-state index in [9.17, 15) is 10.1 Å². The van der Waals surface area contributed by atoms with Crippen molar-refractivity contribution < 1.29 is 4.79 Å². The van der Waals surface area contributed by atoms with Crippen LogP contribution in [0.25, 0.3) is 0 Å². The van der Waals surface area contributed by atoms with Gasteiger partial charge in [-0.15, -0.1) is 0 Å². The molecule has 0 spiro atoms. The van der Waals surface area contributed by atoms with E-state index in [-0.39, 0.29) is 11.2 Å². The van der Waals surface area contributed by atoms with Gasteiger partial charge in [-0.1, -0.05) is 40.0 Å². The maximum Gasteiger partial charge on any atom is 0.158 e. The van der Waals surface area contributed by atoms with E-state index in [1.54, 1.807) is 0 Å². The zero-order chi connectivity index (χ0) is 10.8. The van der Waals surface area contributed by atoms with Gasteiger partial charge in [0.2, 0.25) is 0 Å². The van der Waals surface area contributed by atoms with E-state index in [2.05, 4.69) is 6.07 Å². The van der Waals surface area contributed by atoms with Crippen LogP contribution in [0.15, 0.2) is 0 Å². The van der Waals surface area contributed by atoms with Gasteiger partial charge in [-0.25, -0.2) is 0 Å². The minimum absolute atomic E-state index is 0.132. The predicted molar refractivity (Wildman–Crippen MR) is 55.6 cm³/mol.